The normalized spacial score (nSPS) is 29.6. The van der Waals surface area contributed by atoms with Crippen LogP contribution < -0.4 is 21.3 Å². The van der Waals surface area contributed by atoms with Crippen LogP contribution in [0.15, 0.2) is 12.2 Å². The summed E-state index contributed by atoms with van der Waals surface area (Å²) in [6, 6.07) is -3.69. The highest BCUT2D eigenvalue weighted by Gasteiger charge is 2.29. The molecule has 5 atom stereocenters. The third-order valence-electron chi connectivity index (χ3n) is 4.74. The van der Waals surface area contributed by atoms with E-state index in [9.17, 15) is 24.0 Å². The van der Waals surface area contributed by atoms with Crippen molar-refractivity contribution in [1.29, 1.82) is 0 Å². The van der Waals surface area contributed by atoms with Crippen molar-refractivity contribution in [3.63, 3.8) is 0 Å². The molecule has 5 unspecified atom stereocenters. The van der Waals surface area contributed by atoms with Crippen LogP contribution in [-0.4, -0.2) is 59.9 Å². The van der Waals surface area contributed by atoms with Gasteiger partial charge in [0.15, 0.2) is 0 Å². The molecule has 1 aliphatic heterocycles. The molecular weight excluding hydrogens is 404 g/mol. The van der Waals surface area contributed by atoms with Crippen molar-refractivity contribution in [3.05, 3.63) is 12.2 Å². The second-order valence-electron chi connectivity index (χ2n) is 7.62. The summed E-state index contributed by atoms with van der Waals surface area (Å²) in [5.41, 5.74) is 0. The molecule has 174 valence electrons. The van der Waals surface area contributed by atoms with E-state index in [1.54, 1.807) is 13.0 Å². The first-order chi connectivity index (χ1) is 14.6. The third-order valence-corrected chi connectivity index (χ3v) is 4.74. The number of unbranched alkanes of at least 4 members (excludes halogenated alkanes) is 1. The van der Waals surface area contributed by atoms with Crippen LogP contribution in [0.3, 0.4) is 0 Å². The molecule has 10 nitrogen and oxygen atoms in total. The van der Waals surface area contributed by atoms with E-state index in [4.69, 9.17) is 4.74 Å². The standard InChI is InChI=1S/C21H34N4O6/c1-6-8-9-10-15-11-17(26)22-12(3)19(28)25-16(7-2)20(29)23-13(4)18(27)24-14(5)21(30)31-15/h9-10,12-16H,6-8,11H2,1-5H3,(H,22,26)(H,23,29)(H,24,27)(H,25,28)/b10-9+. The van der Waals surface area contributed by atoms with Crippen molar-refractivity contribution < 1.29 is 28.7 Å². The zero-order valence-electron chi connectivity index (χ0n) is 18.8. The van der Waals surface area contributed by atoms with Crippen LogP contribution in [0.4, 0.5) is 0 Å². The number of carbonyl (C=O) groups is 5. The highest BCUT2D eigenvalue weighted by Crippen LogP contribution is 2.07. The molecule has 31 heavy (non-hydrogen) atoms. The first-order valence-electron chi connectivity index (χ1n) is 10.7. The Balaban J connectivity index is 3.11. The van der Waals surface area contributed by atoms with Crippen molar-refractivity contribution >= 4 is 29.6 Å². The first kappa shape index (κ1) is 26.1. The van der Waals surface area contributed by atoms with E-state index in [2.05, 4.69) is 21.3 Å². The Morgan fingerprint density at radius 2 is 1.42 bits per heavy atom. The summed E-state index contributed by atoms with van der Waals surface area (Å²) in [6.45, 7) is 8.13. The predicted molar refractivity (Wildman–Crippen MR) is 114 cm³/mol. The van der Waals surface area contributed by atoms with Crippen LogP contribution in [0, 0.1) is 0 Å². The lowest BCUT2D eigenvalue weighted by Crippen LogP contribution is -2.56. The molecule has 0 radical (unpaired) electrons. The zero-order valence-corrected chi connectivity index (χ0v) is 18.8. The molecule has 1 fully saturated rings. The number of carbonyl (C=O) groups excluding carboxylic acids is 5. The minimum Gasteiger partial charge on any atom is -0.456 e. The van der Waals surface area contributed by atoms with Gasteiger partial charge in [0.2, 0.25) is 23.6 Å². The van der Waals surface area contributed by atoms with Crippen molar-refractivity contribution in [2.75, 3.05) is 0 Å². The molecule has 1 aliphatic rings. The summed E-state index contributed by atoms with van der Waals surface area (Å²) < 4.78 is 5.39. The summed E-state index contributed by atoms with van der Waals surface area (Å²) in [4.78, 5) is 62.1. The molecular formula is C21H34N4O6. The fourth-order valence-electron chi connectivity index (χ4n) is 2.79. The Morgan fingerprint density at radius 1 is 0.839 bits per heavy atom. The lowest BCUT2D eigenvalue weighted by molar-refractivity contribution is -0.151. The van der Waals surface area contributed by atoms with Crippen LogP contribution in [0.25, 0.3) is 0 Å². The van der Waals surface area contributed by atoms with Gasteiger partial charge in [0.1, 0.15) is 30.3 Å². The maximum absolute atomic E-state index is 12.4. The van der Waals surface area contributed by atoms with Crippen LogP contribution in [0.2, 0.25) is 0 Å². The largest absolute Gasteiger partial charge is 0.456 e. The third kappa shape index (κ3) is 8.77. The Kier molecular flexibility index (Phi) is 10.7. The fraction of sp³-hybridized carbons (Fsp3) is 0.667. The summed E-state index contributed by atoms with van der Waals surface area (Å²) in [5, 5.41) is 10.1. The number of ether oxygens (including phenoxy) is 1. The molecule has 0 spiro atoms. The number of allylic oxidation sites excluding steroid dienone is 1. The van der Waals surface area contributed by atoms with Gasteiger partial charge in [-0.25, -0.2) is 4.79 Å². The average molecular weight is 439 g/mol. The molecule has 0 bridgehead atoms. The lowest BCUT2D eigenvalue weighted by Gasteiger charge is -2.24. The van der Waals surface area contributed by atoms with E-state index in [1.807, 2.05) is 13.0 Å². The number of cyclic esters (lactones) is 1. The number of nitrogens with one attached hydrogen (secondary N) is 4. The Labute approximate surface area is 182 Å². The predicted octanol–water partition coefficient (Wildman–Crippen LogP) is 0.0671. The SMILES string of the molecule is CCC/C=C/C1CC(=O)NC(C)C(=O)NC(CC)C(=O)NC(C)C(=O)NC(C)C(=O)O1. The van der Waals surface area contributed by atoms with Gasteiger partial charge in [-0.3, -0.25) is 19.2 Å². The van der Waals surface area contributed by atoms with Gasteiger partial charge in [-0.05, 0) is 39.7 Å². The molecule has 4 amide bonds. The van der Waals surface area contributed by atoms with Gasteiger partial charge < -0.3 is 26.0 Å². The van der Waals surface area contributed by atoms with Gasteiger partial charge in [0.25, 0.3) is 0 Å². The van der Waals surface area contributed by atoms with Crippen LogP contribution in [-0.2, 0) is 28.7 Å². The van der Waals surface area contributed by atoms with Gasteiger partial charge in [-0.1, -0.05) is 26.3 Å². The van der Waals surface area contributed by atoms with Gasteiger partial charge in [-0.2, -0.15) is 0 Å². The van der Waals surface area contributed by atoms with Crippen molar-refractivity contribution in [2.24, 2.45) is 0 Å². The van der Waals surface area contributed by atoms with Crippen LogP contribution >= 0.6 is 0 Å². The number of esters is 1. The highest BCUT2D eigenvalue weighted by molar-refractivity contribution is 5.95. The fourth-order valence-corrected chi connectivity index (χ4v) is 2.79. The van der Waals surface area contributed by atoms with Gasteiger partial charge >= 0.3 is 5.97 Å². The Bertz CT molecular complexity index is 708. The van der Waals surface area contributed by atoms with E-state index in [1.165, 1.54) is 20.8 Å². The minimum atomic E-state index is -0.981. The molecule has 0 aromatic heterocycles. The molecule has 1 saturated heterocycles. The van der Waals surface area contributed by atoms with Gasteiger partial charge in [0.05, 0.1) is 6.42 Å². The summed E-state index contributed by atoms with van der Waals surface area (Å²) >= 11 is 0. The molecule has 10 heteroatoms. The van der Waals surface area contributed by atoms with Crippen LogP contribution in [0.5, 0.6) is 0 Å². The number of hydrogen-bond acceptors (Lipinski definition) is 6. The quantitative estimate of drug-likeness (QED) is 0.361. The topological polar surface area (TPSA) is 143 Å². The monoisotopic (exact) mass is 438 g/mol. The summed E-state index contributed by atoms with van der Waals surface area (Å²) in [6.07, 6.45) is 4.33. The molecule has 0 aliphatic carbocycles. The maximum atomic E-state index is 12.4. The van der Waals surface area contributed by atoms with Crippen LogP contribution in [0.1, 0.15) is 60.3 Å². The summed E-state index contributed by atoms with van der Waals surface area (Å²) in [7, 11) is 0. The number of hydrogen-bond donors (Lipinski definition) is 4. The van der Waals surface area contributed by atoms with E-state index < -0.39 is 59.9 Å². The number of amides is 4. The van der Waals surface area contributed by atoms with E-state index in [-0.39, 0.29) is 6.42 Å². The summed E-state index contributed by atoms with van der Waals surface area (Å²) in [5.74, 6) is -2.86. The molecule has 0 aromatic carbocycles. The molecule has 0 saturated carbocycles. The smallest absolute Gasteiger partial charge is 0.328 e. The van der Waals surface area contributed by atoms with Crippen molar-refractivity contribution in [1.82, 2.24) is 21.3 Å². The Hall–Kier alpha value is -2.91. The molecule has 1 rings (SSSR count). The van der Waals surface area contributed by atoms with E-state index >= 15 is 0 Å². The van der Waals surface area contributed by atoms with E-state index in [0.717, 1.165) is 12.8 Å². The lowest BCUT2D eigenvalue weighted by atomic mass is 10.1. The van der Waals surface area contributed by atoms with Gasteiger partial charge in [-0.15, -0.1) is 0 Å². The maximum Gasteiger partial charge on any atom is 0.328 e. The van der Waals surface area contributed by atoms with Gasteiger partial charge in [0, 0.05) is 0 Å². The first-order valence-corrected chi connectivity index (χ1v) is 10.7. The van der Waals surface area contributed by atoms with E-state index in [0.29, 0.717) is 6.42 Å². The van der Waals surface area contributed by atoms with Crippen molar-refractivity contribution in [3.8, 4) is 0 Å². The second kappa shape index (κ2) is 12.7. The number of rotatable bonds is 4. The molecule has 0 aromatic rings. The highest BCUT2D eigenvalue weighted by atomic mass is 16.5. The van der Waals surface area contributed by atoms with Crippen molar-refractivity contribution in [2.45, 2.75) is 90.6 Å². The minimum absolute atomic E-state index is 0.182. The molecule has 4 N–H and O–H groups in total. The Morgan fingerprint density at radius 3 is 2.03 bits per heavy atom. The molecule has 1 heterocycles. The second-order valence-corrected chi connectivity index (χ2v) is 7.62. The average Bonchev–Trinajstić information content (AvgIpc) is 2.70. The zero-order chi connectivity index (χ0) is 23.6.